The first-order chi connectivity index (χ1) is 9.65. The first kappa shape index (κ1) is 14.6. The minimum absolute atomic E-state index is 0.0335. The Bertz CT molecular complexity index is 602. The molecule has 0 bridgehead atoms. The molecule has 0 radical (unpaired) electrons. The summed E-state index contributed by atoms with van der Waals surface area (Å²) in [6.45, 7) is -0.156. The molecule has 0 aliphatic carbocycles. The van der Waals surface area contributed by atoms with Gasteiger partial charge in [0.1, 0.15) is 23.9 Å². The second kappa shape index (κ2) is 6.59. The van der Waals surface area contributed by atoms with E-state index in [9.17, 15) is 9.50 Å². The van der Waals surface area contributed by atoms with E-state index in [4.69, 9.17) is 21.1 Å². The maximum Gasteiger partial charge on any atom is 0.148 e. The minimum Gasteiger partial charge on any atom is -0.497 e. The lowest BCUT2D eigenvalue weighted by atomic mass is 10.2. The Balaban J connectivity index is 2.16. The van der Waals surface area contributed by atoms with E-state index < -0.39 is 5.82 Å². The van der Waals surface area contributed by atoms with Gasteiger partial charge in [0.15, 0.2) is 0 Å². The molecule has 0 amide bonds. The molecule has 0 saturated heterocycles. The van der Waals surface area contributed by atoms with Crippen LogP contribution in [0, 0.1) is 5.82 Å². The van der Waals surface area contributed by atoms with Crippen LogP contribution in [0.15, 0.2) is 36.4 Å². The van der Waals surface area contributed by atoms with Gasteiger partial charge in [-0.3, -0.25) is 0 Å². The Morgan fingerprint density at radius 2 is 2.00 bits per heavy atom. The van der Waals surface area contributed by atoms with E-state index in [1.165, 1.54) is 6.07 Å². The van der Waals surface area contributed by atoms with Crippen molar-refractivity contribution in [1.29, 1.82) is 0 Å². The molecule has 2 aromatic carbocycles. The van der Waals surface area contributed by atoms with Crippen molar-refractivity contribution in [3.05, 3.63) is 58.4 Å². The van der Waals surface area contributed by atoms with Crippen LogP contribution in [0.3, 0.4) is 0 Å². The van der Waals surface area contributed by atoms with Crippen molar-refractivity contribution in [1.82, 2.24) is 0 Å². The van der Waals surface area contributed by atoms with Crippen LogP contribution in [0.5, 0.6) is 11.5 Å². The molecule has 0 saturated carbocycles. The van der Waals surface area contributed by atoms with Crippen molar-refractivity contribution in [2.24, 2.45) is 0 Å². The summed E-state index contributed by atoms with van der Waals surface area (Å²) in [6.07, 6.45) is 0. The first-order valence-corrected chi connectivity index (χ1v) is 6.37. The van der Waals surface area contributed by atoms with Crippen LogP contribution in [0.25, 0.3) is 0 Å². The highest BCUT2D eigenvalue weighted by Crippen LogP contribution is 2.26. The van der Waals surface area contributed by atoms with Crippen molar-refractivity contribution in [2.75, 3.05) is 7.11 Å². The van der Waals surface area contributed by atoms with Crippen molar-refractivity contribution < 1.29 is 19.0 Å². The van der Waals surface area contributed by atoms with Crippen molar-refractivity contribution in [3.63, 3.8) is 0 Å². The fourth-order valence-corrected chi connectivity index (χ4v) is 1.96. The molecule has 3 nitrogen and oxygen atoms in total. The van der Waals surface area contributed by atoms with Gasteiger partial charge in [0.2, 0.25) is 0 Å². The Kier molecular flexibility index (Phi) is 4.82. The average molecular weight is 297 g/mol. The molecule has 106 valence electrons. The summed E-state index contributed by atoms with van der Waals surface area (Å²) < 4.78 is 24.3. The van der Waals surface area contributed by atoms with E-state index in [0.29, 0.717) is 22.6 Å². The molecule has 0 atom stereocenters. The van der Waals surface area contributed by atoms with Crippen LogP contribution >= 0.6 is 11.6 Å². The lowest BCUT2D eigenvalue weighted by Gasteiger charge is -2.12. The second-order valence-electron chi connectivity index (χ2n) is 4.13. The van der Waals surface area contributed by atoms with Crippen LogP contribution in [-0.4, -0.2) is 12.2 Å². The van der Waals surface area contributed by atoms with Gasteiger partial charge < -0.3 is 14.6 Å². The van der Waals surface area contributed by atoms with Crippen LogP contribution in [0.1, 0.15) is 11.1 Å². The molecule has 0 fully saturated rings. The number of aliphatic hydroxyl groups is 1. The van der Waals surface area contributed by atoms with Crippen molar-refractivity contribution >= 4 is 11.6 Å². The monoisotopic (exact) mass is 296 g/mol. The summed E-state index contributed by atoms with van der Waals surface area (Å²) in [5.74, 6) is 0.608. The SMILES string of the molecule is COc1ccc(OCc2cccc(Cl)c2F)c(CO)c1. The summed E-state index contributed by atoms with van der Waals surface area (Å²) in [6, 6.07) is 9.79. The molecule has 0 spiro atoms. The number of hydrogen-bond donors (Lipinski definition) is 1. The third kappa shape index (κ3) is 3.21. The maximum atomic E-state index is 13.7. The Hall–Kier alpha value is -1.78. The molecule has 0 aliphatic rings. The summed E-state index contributed by atoms with van der Waals surface area (Å²) in [4.78, 5) is 0. The van der Waals surface area contributed by atoms with E-state index in [2.05, 4.69) is 0 Å². The molecule has 2 aromatic rings. The van der Waals surface area contributed by atoms with Crippen LogP contribution in [0.4, 0.5) is 4.39 Å². The highest BCUT2D eigenvalue weighted by Gasteiger charge is 2.09. The third-order valence-electron chi connectivity index (χ3n) is 2.85. The van der Waals surface area contributed by atoms with E-state index >= 15 is 0 Å². The zero-order valence-corrected chi connectivity index (χ0v) is 11.7. The minimum atomic E-state index is -0.492. The van der Waals surface area contributed by atoms with Gasteiger partial charge in [-0.05, 0) is 24.3 Å². The molecule has 0 aliphatic heterocycles. The lowest BCUT2D eigenvalue weighted by Crippen LogP contribution is -2.01. The number of methoxy groups -OCH3 is 1. The van der Waals surface area contributed by atoms with Gasteiger partial charge in [-0.25, -0.2) is 4.39 Å². The second-order valence-corrected chi connectivity index (χ2v) is 4.54. The topological polar surface area (TPSA) is 38.7 Å². The standard InChI is InChI=1S/C15H14ClFO3/c1-19-12-5-6-14(11(7-12)8-18)20-9-10-3-2-4-13(16)15(10)17/h2-7,18H,8-9H2,1H3. The number of halogens is 2. The highest BCUT2D eigenvalue weighted by atomic mass is 35.5. The quantitative estimate of drug-likeness (QED) is 0.917. The molecular formula is C15H14ClFO3. The van der Waals surface area contributed by atoms with Crippen LogP contribution in [-0.2, 0) is 13.2 Å². The zero-order chi connectivity index (χ0) is 14.5. The molecule has 0 heterocycles. The number of aliphatic hydroxyl groups excluding tert-OH is 1. The van der Waals surface area contributed by atoms with Gasteiger partial charge in [-0.15, -0.1) is 0 Å². The highest BCUT2D eigenvalue weighted by molar-refractivity contribution is 6.30. The Morgan fingerprint density at radius 3 is 2.70 bits per heavy atom. The maximum absolute atomic E-state index is 13.7. The molecule has 20 heavy (non-hydrogen) atoms. The van der Waals surface area contributed by atoms with E-state index in [1.54, 1.807) is 37.4 Å². The molecular weight excluding hydrogens is 283 g/mol. The summed E-state index contributed by atoms with van der Waals surface area (Å²) in [7, 11) is 1.54. The smallest absolute Gasteiger partial charge is 0.148 e. The zero-order valence-electron chi connectivity index (χ0n) is 10.9. The molecule has 0 unspecified atom stereocenters. The lowest BCUT2D eigenvalue weighted by molar-refractivity contribution is 0.256. The summed E-state index contributed by atoms with van der Waals surface area (Å²) in [5.41, 5.74) is 0.934. The van der Waals surface area contributed by atoms with Crippen molar-refractivity contribution in [3.8, 4) is 11.5 Å². The molecule has 5 heteroatoms. The predicted molar refractivity (Wildman–Crippen MR) is 74.7 cm³/mol. The number of benzene rings is 2. The summed E-state index contributed by atoms with van der Waals surface area (Å²) >= 11 is 5.71. The van der Waals surface area contributed by atoms with Gasteiger partial charge in [-0.1, -0.05) is 23.7 Å². The fourth-order valence-electron chi connectivity index (χ4n) is 1.76. The van der Waals surface area contributed by atoms with E-state index in [1.807, 2.05) is 0 Å². The van der Waals surface area contributed by atoms with Gasteiger partial charge >= 0.3 is 0 Å². The van der Waals surface area contributed by atoms with Crippen LogP contribution in [0.2, 0.25) is 5.02 Å². The molecule has 1 N–H and O–H groups in total. The van der Waals surface area contributed by atoms with E-state index in [0.717, 1.165) is 0 Å². The first-order valence-electron chi connectivity index (χ1n) is 5.99. The van der Waals surface area contributed by atoms with Gasteiger partial charge in [0.25, 0.3) is 0 Å². The number of ether oxygens (including phenoxy) is 2. The van der Waals surface area contributed by atoms with Gasteiger partial charge in [0, 0.05) is 11.1 Å². The normalized spacial score (nSPS) is 10.4. The average Bonchev–Trinajstić information content (AvgIpc) is 2.48. The fraction of sp³-hybridized carbons (Fsp3) is 0.200. The molecule has 2 rings (SSSR count). The number of rotatable bonds is 5. The Morgan fingerprint density at radius 1 is 1.20 bits per heavy atom. The predicted octanol–water partition coefficient (Wildman–Crippen LogP) is 3.56. The summed E-state index contributed by atoms with van der Waals surface area (Å²) in [5, 5.41) is 9.36. The molecule has 0 aromatic heterocycles. The van der Waals surface area contributed by atoms with Gasteiger partial charge in [0.05, 0.1) is 18.7 Å². The van der Waals surface area contributed by atoms with E-state index in [-0.39, 0.29) is 18.2 Å². The largest absolute Gasteiger partial charge is 0.497 e. The van der Waals surface area contributed by atoms with Crippen LogP contribution < -0.4 is 9.47 Å². The number of hydrogen-bond acceptors (Lipinski definition) is 3. The van der Waals surface area contributed by atoms with Crippen molar-refractivity contribution in [2.45, 2.75) is 13.2 Å². The Labute approximate surface area is 121 Å². The third-order valence-corrected chi connectivity index (χ3v) is 3.14. The van der Waals surface area contributed by atoms with Gasteiger partial charge in [-0.2, -0.15) is 0 Å².